The lowest BCUT2D eigenvalue weighted by atomic mass is 10.1. The number of rotatable bonds is 9. The lowest BCUT2D eigenvalue weighted by Gasteiger charge is -2.09. The molecule has 0 saturated carbocycles. The number of nitrogens with one attached hydrogen (secondary N) is 2. The minimum absolute atomic E-state index is 0.0685. The molecule has 2 amide bonds. The van der Waals surface area contributed by atoms with Crippen molar-refractivity contribution in [3.8, 4) is 11.5 Å². The number of amides is 2. The number of carbonyl (C=O) groups is 2. The highest BCUT2D eigenvalue weighted by atomic mass is 16.5. The van der Waals surface area contributed by atoms with Crippen LogP contribution in [0.15, 0.2) is 41.0 Å². The molecule has 0 atom stereocenters. The molecule has 0 spiro atoms. The lowest BCUT2D eigenvalue weighted by Crippen LogP contribution is -2.36. The van der Waals surface area contributed by atoms with E-state index < -0.39 is 0 Å². The van der Waals surface area contributed by atoms with Gasteiger partial charge in [0.15, 0.2) is 0 Å². The predicted octanol–water partition coefficient (Wildman–Crippen LogP) is 1.66. The Bertz CT molecular complexity index is 675. The molecule has 134 valence electrons. The Morgan fingerprint density at radius 3 is 2.36 bits per heavy atom. The molecule has 1 heterocycles. The van der Waals surface area contributed by atoms with E-state index in [1.807, 2.05) is 12.1 Å². The maximum atomic E-state index is 11.9. The van der Waals surface area contributed by atoms with Crippen molar-refractivity contribution in [3.63, 3.8) is 0 Å². The summed E-state index contributed by atoms with van der Waals surface area (Å²) in [5, 5.41) is 5.26. The summed E-state index contributed by atoms with van der Waals surface area (Å²) < 4.78 is 15.5. The Hall–Kier alpha value is -2.96. The van der Waals surface area contributed by atoms with Crippen LogP contribution in [0.5, 0.6) is 11.5 Å². The van der Waals surface area contributed by atoms with Gasteiger partial charge < -0.3 is 24.5 Å². The number of hydrogen-bond acceptors (Lipinski definition) is 5. The zero-order chi connectivity index (χ0) is 18.1. The number of aryl methyl sites for hydroxylation is 1. The molecular formula is C18H22N2O5. The molecule has 1 aromatic heterocycles. The number of hydrogen-bond donors (Lipinski definition) is 2. The molecule has 0 saturated heterocycles. The van der Waals surface area contributed by atoms with Gasteiger partial charge in [0.1, 0.15) is 17.3 Å². The zero-order valence-corrected chi connectivity index (χ0v) is 14.3. The van der Waals surface area contributed by atoms with Crippen LogP contribution in [-0.4, -0.2) is 32.6 Å². The quantitative estimate of drug-likeness (QED) is 0.721. The van der Waals surface area contributed by atoms with Crippen molar-refractivity contribution in [2.45, 2.75) is 19.4 Å². The van der Waals surface area contributed by atoms with E-state index in [1.165, 1.54) is 6.26 Å². The Morgan fingerprint density at radius 1 is 1.04 bits per heavy atom. The molecular weight excluding hydrogens is 324 g/mol. The highest BCUT2D eigenvalue weighted by Gasteiger charge is 2.08. The Balaban J connectivity index is 1.72. The number of carbonyl (C=O) groups excluding carboxylic acids is 2. The van der Waals surface area contributed by atoms with Crippen LogP contribution in [0.1, 0.15) is 17.7 Å². The number of ether oxygens (including phenoxy) is 2. The van der Waals surface area contributed by atoms with Crippen LogP contribution < -0.4 is 20.1 Å². The fourth-order valence-electron chi connectivity index (χ4n) is 2.20. The van der Waals surface area contributed by atoms with Gasteiger partial charge in [-0.2, -0.15) is 0 Å². The molecule has 0 aliphatic heterocycles. The van der Waals surface area contributed by atoms with Crippen molar-refractivity contribution < 1.29 is 23.5 Å². The zero-order valence-electron chi connectivity index (χ0n) is 14.3. The summed E-state index contributed by atoms with van der Waals surface area (Å²) in [7, 11) is 3.15. The second-order valence-corrected chi connectivity index (χ2v) is 5.35. The smallest absolute Gasteiger partial charge is 0.239 e. The molecule has 1 aromatic carbocycles. The highest BCUT2D eigenvalue weighted by Crippen LogP contribution is 2.23. The molecule has 7 nitrogen and oxygen atoms in total. The molecule has 7 heteroatoms. The molecule has 0 aliphatic rings. The summed E-state index contributed by atoms with van der Waals surface area (Å²) in [5.74, 6) is 1.54. The van der Waals surface area contributed by atoms with E-state index in [-0.39, 0.29) is 24.8 Å². The summed E-state index contributed by atoms with van der Waals surface area (Å²) in [6.45, 7) is 0.228. The summed E-state index contributed by atoms with van der Waals surface area (Å²) >= 11 is 0. The molecule has 0 fully saturated rings. The third kappa shape index (κ3) is 6.21. The maximum absolute atomic E-state index is 11.9. The molecule has 2 rings (SSSR count). The summed E-state index contributed by atoms with van der Waals surface area (Å²) in [6, 6.07) is 8.99. The molecule has 0 unspecified atom stereocenters. The Morgan fingerprint density at radius 2 is 1.76 bits per heavy atom. The van der Waals surface area contributed by atoms with Gasteiger partial charge in [0.05, 0.1) is 33.6 Å². The van der Waals surface area contributed by atoms with Gasteiger partial charge in [-0.3, -0.25) is 9.59 Å². The number of furan rings is 1. The minimum atomic E-state index is -0.271. The molecule has 0 aliphatic carbocycles. The van der Waals surface area contributed by atoms with E-state index in [4.69, 9.17) is 13.9 Å². The van der Waals surface area contributed by atoms with Crippen molar-refractivity contribution in [3.05, 3.63) is 47.9 Å². The van der Waals surface area contributed by atoms with E-state index in [1.54, 1.807) is 32.4 Å². The SMILES string of the molecule is COc1cc(CCC(=O)NCC(=O)NCc2ccco2)cc(OC)c1. The van der Waals surface area contributed by atoms with E-state index in [9.17, 15) is 9.59 Å². The van der Waals surface area contributed by atoms with Gasteiger partial charge in [0.2, 0.25) is 11.8 Å². The molecule has 25 heavy (non-hydrogen) atoms. The van der Waals surface area contributed by atoms with E-state index in [0.717, 1.165) is 5.56 Å². The van der Waals surface area contributed by atoms with Crippen molar-refractivity contribution in [2.24, 2.45) is 0 Å². The molecule has 2 aromatic rings. The van der Waals surface area contributed by atoms with Crippen LogP contribution in [0.3, 0.4) is 0 Å². The maximum Gasteiger partial charge on any atom is 0.239 e. The Labute approximate surface area is 146 Å². The van der Waals surface area contributed by atoms with E-state index >= 15 is 0 Å². The third-order valence-corrected chi connectivity index (χ3v) is 3.54. The first kappa shape index (κ1) is 18.4. The first-order valence-electron chi connectivity index (χ1n) is 7.88. The first-order chi connectivity index (χ1) is 12.1. The Kier molecular flexibility index (Phi) is 6.88. The van der Waals surface area contributed by atoms with Gasteiger partial charge >= 0.3 is 0 Å². The summed E-state index contributed by atoms with van der Waals surface area (Å²) in [4.78, 5) is 23.6. The molecule has 2 N–H and O–H groups in total. The summed E-state index contributed by atoms with van der Waals surface area (Å²) in [6.07, 6.45) is 2.33. The van der Waals surface area contributed by atoms with Crippen LogP contribution in [0.4, 0.5) is 0 Å². The van der Waals surface area contributed by atoms with Crippen LogP contribution >= 0.6 is 0 Å². The van der Waals surface area contributed by atoms with E-state index in [2.05, 4.69) is 10.6 Å². The largest absolute Gasteiger partial charge is 0.497 e. The average molecular weight is 346 g/mol. The first-order valence-corrected chi connectivity index (χ1v) is 7.88. The van der Waals surface area contributed by atoms with Gasteiger partial charge in [-0.25, -0.2) is 0 Å². The second kappa shape index (κ2) is 9.36. The van der Waals surface area contributed by atoms with Crippen LogP contribution in [-0.2, 0) is 22.6 Å². The number of methoxy groups -OCH3 is 2. The van der Waals surface area contributed by atoms with Crippen molar-refractivity contribution in [1.29, 1.82) is 0 Å². The highest BCUT2D eigenvalue weighted by molar-refractivity contribution is 5.84. The van der Waals surface area contributed by atoms with Gasteiger partial charge in [0, 0.05) is 12.5 Å². The molecule has 0 radical (unpaired) electrons. The molecule has 0 bridgehead atoms. The van der Waals surface area contributed by atoms with E-state index in [0.29, 0.717) is 30.2 Å². The van der Waals surface area contributed by atoms with Gasteiger partial charge in [-0.05, 0) is 36.2 Å². The number of benzene rings is 1. The van der Waals surface area contributed by atoms with Gasteiger partial charge in [-0.15, -0.1) is 0 Å². The van der Waals surface area contributed by atoms with Crippen molar-refractivity contribution in [2.75, 3.05) is 20.8 Å². The van der Waals surface area contributed by atoms with Crippen LogP contribution in [0, 0.1) is 0 Å². The monoisotopic (exact) mass is 346 g/mol. The van der Waals surface area contributed by atoms with Crippen molar-refractivity contribution in [1.82, 2.24) is 10.6 Å². The second-order valence-electron chi connectivity index (χ2n) is 5.35. The minimum Gasteiger partial charge on any atom is -0.497 e. The fourth-order valence-corrected chi connectivity index (χ4v) is 2.20. The summed E-state index contributed by atoms with van der Waals surface area (Å²) in [5.41, 5.74) is 0.925. The fraction of sp³-hybridized carbons (Fsp3) is 0.333. The lowest BCUT2D eigenvalue weighted by molar-refractivity contribution is -0.126. The van der Waals surface area contributed by atoms with Gasteiger partial charge in [-0.1, -0.05) is 0 Å². The average Bonchev–Trinajstić information content (AvgIpc) is 3.16. The standard InChI is InChI=1S/C18H22N2O5/c1-23-15-8-13(9-16(10-15)24-2)5-6-17(21)20-12-18(22)19-11-14-4-3-7-25-14/h3-4,7-10H,5-6,11-12H2,1-2H3,(H,19,22)(H,20,21). The third-order valence-electron chi connectivity index (χ3n) is 3.54. The van der Waals surface area contributed by atoms with Crippen LogP contribution in [0.25, 0.3) is 0 Å². The predicted molar refractivity (Wildman–Crippen MR) is 91.4 cm³/mol. The van der Waals surface area contributed by atoms with Crippen molar-refractivity contribution >= 4 is 11.8 Å². The normalized spacial score (nSPS) is 10.2. The topological polar surface area (TPSA) is 89.8 Å². The van der Waals surface area contributed by atoms with Crippen LogP contribution in [0.2, 0.25) is 0 Å². The van der Waals surface area contributed by atoms with Gasteiger partial charge in [0.25, 0.3) is 0 Å².